The van der Waals surface area contributed by atoms with Gasteiger partial charge in [-0.15, -0.1) is 11.8 Å². The number of amides is 1. The highest BCUT2D eigenvalue weighted by Crippen LogP contribution is 2.31. The minimum absolute atomic E-state index is 0.0272. The number of aromatic nitrogens is 3. The number of benzene rings is 1. The van der Waals surface area contributed by atoms with Crippen LogP contribution in [-0.2, 0) is 5.75 Å². The van der Waals surface area contributed by atoms with Crippen molar-refractivity contribution in [1.29, 1.82) is 0 Å². The van der Waals surface area contributed by atoms with E-state index < -0.39 is 0 Å². The lowest BCUT2D eigenvalue weighted by molar-refractivity contribution is 0.0768. The number of carbonyl (C=O) groups is 1. The number of fused-ring (bicyclic) bond motifs is 1. The molecule has 0 unspecified atom stereocenters. The highest BCUT2D eigenvalue weighted by Gasteiger charge is 2.23. The Balaban J connectivity index is 1.32. The first-order valence-electron chi connectivity index (χ1n) is 10.8. The van der Waals surface area contributed by atoms with Gasteiger partial charge in [0.1, 0.15) is 16.6 Å². The SMILES string of the molecule is Cc1noc(C)c1CSc1ncccc1C(=O)N1CC=C(c2c[nH]c3cc(F)ccc23)CC1. The lowest BCUT2D eigenvalue weighted by atomic mass is 9.98. The number of nitrogens with one attached hydrogen (secondary N) is 1. The summed E-state index contributed by atoms with van der Waals surface area (Å²) in [5.74, 6) is 1.15. The second-order valence-electron chi connectivity index (χ2n) is 8.07. The summed E-state index contributed by atoms with van der Waals surface area (Å²) < 4.78 is 18.7. The Hall–Kier alpha value is -3.39. The van der Waals surface area contributed by atoms with Crippen molar-refractivity contribution in [2.24, 2.45) is 0 Å². The molecule has 0 atom stereocenters. The number of rotatable bonds is 5. The summed E-state index contributed by atoms with van der Waals surface area (Å²) in [6, 6.07) is 8.40. The molecule has 1 aliphatic rings. The zero-order valence-corrected chi connectivity index (χ0v) is 19.2. The summed E-state index contributed by atoms with van der Waals surface area (Å²) in [6.07, 6.45) is 6.44. The maximum atomic E-state index is 13.5. The molecule has 33 heavy (non-hydrogen) atoms. The quantitative estimate of drug-likeness (QED) is 0.395. The number of hydrogen-bond donors (Lipinski definition) is 1. The number of hydrogen-bond acceptors (Lipinski definition) is 5. The van der Waals surface area contributed by atoms with Gasteiger partial charge in [-0.2, -0.15) is 0 Å². The van der Waals surface area contributed by atoms with E-state index in [0.717, 1.165) is 45.5 Å². The van der Waals surface area contributed by atoms with E-state index in [1.807, 2.05) is 31.0 Å². The lowest BCUT2D eigenvalue weighted by Gasteiger charge is -2.27. The third-order valence-electron chi connectivity index (χ3n) is 6.02. The average Bonchev–Trinajstić information content (AvgIpc) is 3.39. The zero-order chi connectivity index (χ0) is 22.9. The molecule has 1 aromatic carbocycles. The predicted molar refractivity (Wildman–Crippen MR) is 127 cm³/mol. The zero-order valence-electron chi connectivity index (χ0n) is 18.4. The molecule has 1 N–H and O–H groups in total. The monoisotopic (exact) mass is 462 g/mol. The molecule has 0 radical (unpaired) electrons. The summed E-state index contributed by atoms with van der Waals surface area (Å²) in [7, 11) is 0. The van der Waals surface area contributed by atoms with Crippen molar-refractivity contribution in [3.8, 4) is 0 Å². The minimum atomic E-state index is -0.259. The summed E-state index contributed by atoms with van der Waals surface area (Å²) in [5.41, 5.74) is 5.50. The first-order chi connectivity index (χ1) is 16.0. The van der Waals surface area contributed by atoms with Crippen LogP contribution in [0.4, 0.5) is 4.39 Å². The summed E-state index contributed by atoms with van der Waals surface area (Å²) in [6.45, 7) is 4.94. The van der Waals surface area contributed by atoms with Gasteiger partial charge in [0.05, 0.1) is 11.3 Å². The third kappa shape index (κ3) is 4.18. The Morgan fingerprint density at radius 1 is 1.30 bits per heavy atom. The summed E-state index contributed by atoms with van der Waals surface area (Å²) in [5, 5.41) is 5.70. The summed E-state index contributed by atoms with van der Waals surface area (Å²) >= 11 is 1.52. The maximum absolute atomic E-state index is 13.5. The van der Waals surface area contributed by atoms with E-state index >= 15 is 0 Å². The van der Waals surface area contributed by atoms with Gasteiger partial charge in [0.15, 0.2) is 0 Å². The van der Waals surface area contributed by atoms with Gasteiger partial charge >= 0.3 is 0 Å². The molecule has 1 aliphatic heterocycles. The number of halogens is 1. The fraction of sp³-hybridized carbons (Fsp3) is 0.240. The van der Waals surface area contributed by atoms with Crippen LogP contribution < -0.4 is 0 Å². The van der Waals surface area contributed by atoms with Crippen LogP contribution in [0.15, 0.2) is 58.4 Å². The third-order valence-corrected chi connectivity index (χ3v) is 7.05. The van der Waals surface area contributed by atoms with Gasteiger partial charge in [-0.1, -0.05) is 11.2 Å². The molecule has 3 aromatic heterocycles. The molecule has 1 amide bonds. The predicted octanol–water partition coefficient (Wildman–Crippen LogP) is 5.53. The molecule has 0 saturated carbocycles. The lowest BCUT2D eigenvalue weighted by Crippen LogP contribution is -2.35. The van der Waals surface area contributed by atoms with E-state index in [-0.39, 0.29) is 11.7 Å². The van der Waals surface area contributed by atoms with Gasteiger partial charge in [0, 0.05) is 53.3 Å². The topological polar surface area (TPSA) is 75.0 Å². The van der Waals surface area contributed by atoms with Crippen molar-refractivity contribution in [2.75, 3.05) is 13.1 Å². The van der Waals surface area contributed by atoms with Crippen LogP contribution in [0.2, 0.25) is 0 Å². The average molecular weight is 463 g/mol. The van der Waals surface area contributed by atoms with Gasteiger partial charge < -0.3 is 14.4 Å². The standard InChI is InChI=1S/C25H23FN4O2S/c1-15-22(16(2)32-29-15)14-33-24-20(4-3-9-27-24)25(31)30-10-7-17(8-11-30)21-13-28-23-12-18(26)5-6-19(21)23/h3-7,9,12-13,28H,8,10-11,14H2,1-2H3. The van der Waals surface area contributed by atoms with E-state index in [1.165, 1.54) is 23.9 Å². The van der Waals surface area contributed by atoms with Crippen molar-refractivity contribution in [3.05, 3.63) is 82.8 Å². The molecule has 0 saturated heterocycles. The Morgan fingerprint density at radius 3 is 2.94 bits per heavy atom. The van der Waals surface area contributed by atoms with Crippen LogP contribution in [0, 0.1) is 19.7 Å². The minimum Gasteiger partial charge on any atom is -0.361 e. The van der Waals surface area contributed by atoms with Crippen LogP contribution >= 0.6 is 11.8 Å². The van der Waals surface area contributed by atoms with Crippen molar-refractivity contribution in [1.82, 2.24) is 20.0 Å². The van der Waals surface area contributed by atoms with Crippen molar-refractivity contribution < 1.29 is 13.7 Å². The molecule has 8 heteroatoms. The Morgan fingerprint density at radius 2 is 2.18 bits per heavy atom. The summed E-state index contributed by atoms with van der Waals surface area (Å²) in [4.78, 5) is 22.8. The van der Waals surface area contributed by atoms with Crippen LogP contribution in [0.5, 0.6) is 0 Å². The van der Waals surface area contributed by atoms with E-state index in [4.69, 9.17) is 4.52 Å². The Bertz CT molecular complexity index is 1350. The second kappa shape index (κ2) is 8.86. The highest BCUT2D eigenvalue weighted by atomic mass is 32.2. The molecule has 4 heterocycles. The number of aromatic amines is 1. The molecule has 0 aliphatic carbocycles. The number of aryl methyl sites for hydroxylation is 2. The van der Waals surface area contributed by atoms with Gasteiger partial charge in [0.2, 0.25) is 0 Å². The van der Waals surface area contributed by atoms with Crippen LogP contribution in [0.3, 0.4) is 0 Å². The van der Waals surface area contributed by atoms with Gasteiger partial charge in [-0.05, 0) is 56.2 Å². The van der Waals surface area contributed by atoms with Crippen LogP contribution in [0.1, 0.15) is 39.4 Å². The molecule has 6 nitrogen and oxygen atoms in total. The number of thioether (sulfide) groups is 1. The van der Waals surface area contributed by atoms with Crippen molar-refractivity contribution >= 4 is 34.1 Å². The molecule has 168 valence electrons. The smallest absolute Gasteiger partial charge is 0.256 e. The molecular formula is C25H23FN4O2S. The Kier molecular flexibility index (Phi) is 5.76. The van der Waals surface area contributed by atoms with Gasteiger partial charge in [-0.3, -0.25) is 4.79 Å². The molecule has 0 fully saturated rings. The molecule has 0 bridgehead atoms. The van der Waals surface area contributed by atoms with E-state index in [1.54, 1.807) is 18.3 Å². The number of nitrogens with zero attached hydrogens (tertiary/aromatic N) is 3. The van der Waals surface area contributed by atoms with E-state index in [2.05, 4.69) is 21.2 Å². The van der Waals surface area contributed by atoms with E-state index in [9.17, 15) is 9.18 Å². The fourth-order valence-electron chi connectivity index (χ4n) is 4.15. The maximum Gasteiger partial charge on any atom is 0.256 e. The van der Waals surface area contributed by atoms with Crippen molar-refractivity contribution in [2.45, 2.75) is 31.0 Å². The first-order valence-corrected chi connectivity index (χ1v) is 11.7. The number of pyridine rings is 1. The van der Waals surface area contributed by atoms with E-state index in [0.29, 0.717) is 29.4 Å². The second-order valence-corrected chi connectivity index (χ2v) is 9.03. The number of H-pyrrole nitrogens is 1. The van der Waals surface area contributed by atoms with Gasteiger partial charge in [0.25, 0.3) is 5.91 Å². The van der Waals surface area contributed by atoms with Crippen LogP contribution in [0.25, 0.3) is 16.5 Å². The van der Waals surface area contributed by atoms with Gasteiger partial charge in [-0.25, -0.2) is 9.37 Å². The largest absolute Gasteiger partial charge is 0.361 e. The molecule has 5 rings (SSSR count). The normalized spacial score (nSPS) is 14.0. The Labute approximate surface area is 194 Å². The molecular weight excluding hydrogens is 439 g/mol. The fourth-order valence-corrected chi connectivity index (χ4v) is 5.29. The molecule has 0 spiro atoms. The molecule has 4 aromatic rings. The van der Waals surface area contributed by atoms with Crippen LogP contribution in [-0.4, -0.2) is 39.0 Å². The number of carbonyl (C=O) groups excluding carboxylic acids is 1. The van der Waals surface area contributed by atoms with Crippen molar-refractivity contribution in [3.63, 3.8) is 0 Å². The highest BCUT2D eigenvalue weighted by molar-refractivity contribution is 7.98. The first kappa shape index (κ1) is 21.5.